The molecule has 0 unspecified atom stereocenters. The molecule has 1 aliphatic rings. The molecule has 1 aliphatic heterocycles. The van der Waals surface area contributed by atoms with Crippen molar-refractivity contribution in [3.05, 3.63) is 11.9 Å². The number of nitrogens with zero attached hydrogens (tertiary/aromatic N) is 3. The zero-order chi connectivity index (χ0) is 12.5. The van der Waals surface area contributed by atoms with Crippen LogP contribution in [0, 0.1) is 6.92 Å². The number of aromatic nitrogens is 2. The number of anilines is 2. The molecule has 0 aromatic carbocycles. The van der Waals surface area contributed by atoms with Crippen molar-refractivity contribution < 1.29 is 5.11 Å². The Labute approximate surface area is 102 Å². The summed E-state index contributed by atoms with van der Waals surface area (Å²) in [5.41, 5.74) is 0.542. The van der Waals surface area contributed by atoms with Crippen molar-refractivity contribution in [3.63, 3.8) is 0 Å². The van der Waals surface area contributed by atoms with Gasteiger partial charge in [-0.05, 0) is 26.7 Å². The first-order valence-corrected chi connectivity index (χ1v) is 6.00. The van der Waals surface area contributed by atoms with Gasteiger partial charge < -0.3 is 15.3 Å². The summed E-state index contributed by atoms with van der Waals surface area (Å²) in [7, 11) is 1.86. The summed E-state index contributed by atoms with van der Waals surface area (Å²) < 4.78 is 0. The largest absolute Gasteiger partial charge is 0.390 e. The average Bonchev–Trinajstić information content (AvgIpc) is 2.30. The number of nitrogens with one attached hydrogen (secondary N) is 1. The van der Waals surface area contributed by atoms with Crippen LogP contribution in [-0.4, -0.2) is 40.8 Å². The number of hydrogen-bond donors (Lipinski definition) is 2. The number of aliphatic hydroxyl groups is 1. The molecule has 1 aromatic rings. The van der Waals surface area contributed by atoms with Gasteiger partial charge in [-0.2, -0.15) is 0 Å². The predicted octanol–water partition coefficient (Wildman–Crippen LogP) is 1.18. The van der Waals surface area contributed by atoms with Gasteiger partial charge in [0.25, 0.3) is 0 Å². The van der Waals surface area contributed by atoms with Crippen molar-refractivity contribution in [2.45, 2.75) is 32.3 Å². The zero-order valence-corrected chi connectivity index (χ0v) is 10.7. The molecule has 0 amide bonds. The highest BCUT2D eigenvalue weighted by atomic mass is 16.3. The highest BCUT2D eigenvalue weighted by Gasteiger charge is 2.28. The van der Waals surface area contributed by atoms with Crippen LogP contribution in [0.3, 0.4) is 0 Å². The van der Waals surface area contributed by atoms with Gasteiger partial charge in [0.05, 0.1) is 5.60 Å². The number of rotatable bonds is 2. The van der Waals surface area contributed by atoms with E-state index in [0.29, 0.717) is 0 Å². The number of hydrogen-bond acceptors (Lipinski definition) is 5. The van der Waals surface area contributed by atoms with Crippen LogP contribution in [0.4, 0.5) is 11.6 Å². The Morgan fingerprint density at radius 3 is 2.59 bits per heavy atom. The summed E-state index contributed by atoms with van der Waals surface area (Å²) in [6.45, 7) is 5.60. The van der Waals surface area contributed by atoms with E-state index in [0.717, 1.165) is 43.1 Å². The van der Waals surface area contributed by atoms with Crippen molar-refractivity contribution in [1.82, 2.24) is 9.97 Å². The molecular weight excluding hydrogens is 216 g/mol. The van der Waals surface area contributed by atoms with Gasteiger partial charge in [-0.15, -0.1) is 0 Å². The Morgan fingerprint density at radius 2 is 2.00 bits per heavy atom. The Kier molecular flexibility index (Phi) is 3.19. The first-order chi connectivity index (χ1) is 8.03. The van der Waals surface area contributed by atoms with Crippen molar-refractivity contribution >= 4 is 11.6 Å². The summed E-state index contributed by atoms with van der Waals surface area (Å²) in [5, 5.41) is 13.0. The van der Waals surface area contributed by atoms with Crippen LogP contribution in [0.1, 0.15) is 25.3 Å². The lowest BCUT2D eigenvalue weighted by Gasteiger charge is -2.37. The quantitative estimate of drug-likeness (QED) is 0.807. The lowest BCUT2D eigenvalue weighted by molar-refractivity contribution is 0.0350. The van der Waals surface area contributed by atoms with Crippen LogP contribution in [0.25, 0.3) is 0 Å². The molecule has 0 spiro atoms. The Bertz CT molecular complexity index is 395. The van der Waals surface area contributed by atoms with Crippen LogP contribution in [0.5, 0.6) is 0 Å². The first-order valence-electron chi connectivity index (χ1n) is 6.00. The molecule has 1 aromatic heterocycles. The van der Waals surface area contributed by atoms with E-state index in [2.05, 4.69) is 20.2 Å². The van der Waals surface area contributed by atoms with Gasteiger partial charge in [-0.1, -0.05) is 0 Å². The van der Waals surface area contributed by atoms with E-state index in [1.807, 2.05) is 20.9 Å². The summed E-state index contributed by atoms with van der Waals surface area (Å²) >= 11 is 0. The smallest absolute Gasteiger partial charge is 0.137 e. The van der Waals surface area contributed by atoms with Gasteiger partial charge in [-0.3, -0.25) is 0 Å². The lowest BCUT2D eigenvalue weighted by atomic mass is 9.94. The molecule has 0 bridgehead atoms. The molecule has 94 valence electrons. The van der Waals surface area contributed by atoms with Crippen LogP contribution in [-0.2, 0) is 0 Å². The standard InChI is InChI=1S/C12H20N4O/c1-9-10(13-3)14-8-15-11(9)16-6-4-12(2,17)5-7-16/h8,17H,4-7H2,1-3H3,(H,13,14,15). The summed E-state index contributed by atoms with van der Waals surface area (Å²) in [6.07, 6.45) is 3.15. The fraction of sp³-hybridized carbons (Fsp3) is 0.667. The van der Waals surface area contributed by atoms with E-state index in [4.69, 9.17) is 0 Å². The van der Waals surface area contributed by atoms with E-state index in [9.17, 15) is 5.11 Å². The van der Waals surface area contributed by atoms with Gasteiger partial charge in [0, 0.05) is 25.7 Å². The molecule has 0 saturated carbocycles. The van der Waals surface area contributed by atoms with Crippen LogP contribution in [0.2, 0.25) is 0 Å². The lowest BCUT2D eigenvalue weighted by Crippen LogP contribution is -2.43. The molecule has 1 saturated heterocycles. The van der Waals surface area contributed by atoms with Crippen LogP contribution < -0.4 is 10.2 Å². The molecule has 2 heterocycles. The average molecular weight is 236 g/mol. The summed E-state index contributed by atoms with van der Waals surface area (Å²) in [4.78, 5) is 10.8. The Hall–Kier alpha value is -1.36. The van der Waals surface area contributed by atoms with Crippen molar-refractivity contribution in [3.8, 4) is 0 Å². The summed E-state index contributed by atoms with van der Waals surface area (Å²) in [5.74, 6) is 1.84. The number of piperidine rings is 1. The molecule has 2 N–H and O–H groups in total. The van der Waals surface area contributed by atoms with E-state index in [-0.39, 0.29) is 0 Å². The fourth-order valence-electron chi connectivity index (χ4n) is 2.21. The van der Waals surface area contributed by atoms with Crippen LogP contribution in [0.15, 0.2) is 6.33 Å². The highest BCUT2D eigenvalue weighted by Crippen LogP contribution is 2.28. The van der Waals surface area contributed by atoms with E-state index in [1.54, 1.807) is 6.33 Å². The van der Waals surface area contributed by atoms with Gasteiger partial charge >= 0.3 is 0 Å². The third-order valence-corrected chi connectivity index (χ3v) is 3.43. The van der Waals surface area contributed by atoms with Gasteiger partial charge in [0.1, 0.15) is 18.0 Å². The molecule has 2 rings (SSSR count). The topological polar surface area (TPSA) is 61.3 Å². The van der Waals surface area contributed by atoms with E-state index >= 15 is 0 Å². The minimum atomic E-state index is -0.525. The maximum atomic E-state index is 9.94. The highest BCUT2D eigenvalue weighted by molar-refractivity contribution is 5.57. The minimum absolute atomic E-state index is 0.525. The molecular formula is C12H20N4O. The molecule has 0 radical (unpaired) electrons. The first kappa shape index (κ1) is 12.1. The third kappa shape index (κ3) is 2.49. The van der Waals surface area contributed by atoms with Crippen molar-refractivity contribution in [1.29, 1.82) is 0 Å². The monoisotopic (exact) mass is 236 g/mol. The third-order valence-electron chi connectivity index (χ3n) is 3.43. The van der Waals surface area contributed by atoms with Gasteiger partial charge in [-0.25, -0.2) is 9.97 Å². The van der Waals surface area contributed by atoms with Gasteiger partial charge in [0.2, 0.25) is 0 Å². The SMILES string of the molecule is CNc1ncnc(N2CCC(C)(O)CC2)c1C. The maximum Gasteiger partial charge on any atom is 0.137 e. The van der Waals surface area contributed by atoms with E-state index < -0.39 is 5.60 Å². The molecule has 5 nitrogen and oxygen atoms in total. The summed E-state index contributed by atoms with van der Waals surface area (Å²) in [6, 6.07) is 0. The van der Waals surface area contributed by atoms with Crippen molar-refractivity contribution in [2.75, 3.05) is 30.4 Å². The predicted molar refractivity (Wildman–Crippen MR) is 68.4 cm³/mol. The molecule has 1 fully saturated rings. The Morgan fingerprint density at radius 1 is 1.35 bits per heavy atom. The van der Waals surface area contributed by atoms with Gasteiger partial charge in [0.15, 0.2) is 0 Å². The minimum Gasteiger partial charge on any atom is -0.390 e. The van der Waals surface area contributed by atoms with Crippen molar-refractivity contribution in [2.24, 2.45) is 0 Å². The normalized spacial score (nSPS) is 19.2. The second kappa shape index (κ2) is 4.49. The Balaban J connectivity index is 2.19. The second-order valence-corrected chi connectivity index (χ2v) is 4.90. The van der Waals surface area contributed by atoms with Crippen LogP contribution >= 0.6 is 0 Å². The molecule has 0 aliphatic carbocycles. The second-order valence-electron chi connectivity index (χ2n) is 4.90. The maximum absolute atomic E-state index is 9.94. The fourth-order valence-corrected chi connectivity index (χ4v) is 2.21. The molecule has 0 atom stereocenters. The molecule has 17 heavy (non-hydrogen) atoms. The zero-order valence-electron chi connectivity index (χ0n) is 10.7. The van der Waals surface area contributed by atoms with E-state index in [1.165, 1.54) is 0 Å². The molecule has 5 heteroatoms.